The van der Waals surface area contributed by atoms with Gasteiger partial charge in [0.2, 0.25) is 0 Å². The number of nitrogens with zero attached hydrogens (tertiary/aromatic N) is 1. The van der Waals surface area contributed by atoms with Crippen LogP contribution in [0.1, 0.15) is 18.1 Å². The molecule has 0 spiro atoms. The number of hydrogen-bond acceptors (Lipinski definition) is 3. The summed E-state index contributed by atoms with van der Waals surface area (Å²) in [5, 5.41) is 2.45. The molecule has 1 saturated heterocycles. The van der Waals surface area contributed by atoms with Gasteiger partial charge in [-0.1, -0.05) is 12.1 Å². The molecule has 2 aromatic rings. The number of benzene rings is 2. The fourth-order valence-corrected chi connectivity index (χ4v) is 2.92. The first-order valence-electron chi connectivity index (χ1n) is 8.10. The molecule has 0 bridgehead atoms. The predicted molar refractivity (Wildman–Crippen MR) is 90.6 cm³/mol. The van der Waals surface area contributed by atoms with E-state index in [-0.39, 0.29) is 18.7 Å². The first kappa shape index (κ1) is 17.8. The Morgan fingerprint density at radius 1 is 1.15 bits per heavy atom. The van der Waals surface area contributed by atoms with E-state index in [4.69, 9.17) is 4.74 Å². The van der Waals surface area contributed by atoms with E-state index in [2.05, 4.69) is 5.32 Å². The maximum Gasteiger partial charge on any atom is 0.325 e. The zero-order valence-electron chi connectivity index (χ0n) is 14.4. The second-order valence-electron chi connectivity index (χ2n) is 6.30. The zero-order valence-corrected chi connectivity index (χ0v) is 14.4. The SMILES string of the molecule is Cc1cccc(OCCN2C(=O)N[C@@](C)(c3cc(F)ccc3F)C2=O)c1. The molecule has 0 aliphatic carbocycles. The molecule has 5 nitrogen and oxygen atoms in total. The minimum absolute atomic E-state index is 0.00880. The maximum atomic E-state index is 14.1. The summed E-state index contributed by atoms with van der Waals surface area (Å²) in [4.78, 5) is 25.8. The molecule has 0 saturated carbocycles. The van der Waals surface area contributed by atoms with Crippen molar-refractivity contribution < 1.29 is 23.1 Å². The fraction of sp³-hybridized carbons (Fsp3) is 0.263. The third-order valence-corrected chi connectivity index (χ3v) is 4.32. The van der Waals surface area contributed by atoms with E-state index in [1.54, 1.807) is 6.07 Å². The van der Waals surface area contributed by atoms with Gasteiger partial charge in [0.25, 0.3) is 5.91 Å². The van der Waals surface area contributed by atoms with Gasteiger partial charge in [0.05, 0.1) is 6.54 Å². The Labute approximate surface area is 149 Å². The van der Waals surface area contributed by atoms with Crippen LogP contribution in [0.25, 0.3) is 0 Å². The van der Waals surface area contributed by atoms with Crippen molar-refractivity contribution in [1.29, 1.82) is 0 Å². The number of aryl methyl sites for hydroxylation is 1. The fourth-order valence-electron chi connectivity index (χ4n) is 2.92. The molecule has 0 radical (unpaired) electrons. The van der Waals surface area contributed by atoms with Crippen molar-refractivity contribution in [1.82, 2.24) is 10.2 Å². The van der Waals surface area contributed by atoms with Gasteiger partial charge in [0, 0.05) is 5.56 Å². The van der Waals surface area contributed by atoms with Crippen LogP contribution >= 0.6 is 0 Å². The minimum atomic E-state index is -1.66. The highest BCUT2D eigenvalue weighted by molar-refractivity contribution is 6.07. The van der Waals surface area contributed by atoms with Crippen LogP contribution in [-0.2, 0) is 10.3 Å². The predicted octanol–water partition coefficient (Wildman–Crippen LogP) is 3.12. The van der Waals surface area contributed by atoms with E-state index in [1.807, 2.05) is 25.1 Å². The maximum absolute atomic E-state index is 14.1. The van der Waals surface area contributed by atoms with Crippen molar-refractivity contribution in [3.05, 3.63) is 65.2 Å². The van der Waals surface area contributed by atoms with Crippen LogP contribution in [-0.4, -0.2) is 30.0 Å². The van der Waals surface area contributed by atoms with Crippen LogP contribution in [0.2, 0.25) is 0 Å². The molecule has 26 heavy (non-hydrogen) atoms. The summed E-state index contributed by atoms with van der Waals surface area (Å²) in [7, 11) is 0. The lowest BCUT2D eigenvalue weighted by molar-refractivity contribution is -0.131. The van der Waals surface area contributed by atoms with E-state index >= 15 is 0 Å². The average molecular weight is 360 g/mol. The van der Waals surface area contributed by atoms with Crippen molar-refractivity contribution >= 4 is 11.9 Å². The summed E-state index contributed by atoms with van der Waals surface area (Å²) in [6.45, 7) is 3.35. The highest BCUT2D eigenvalue weighted by Gasteiger charge is 2.50. The Bertz CT molecular complexity index is 872. The van der Waals surface area contributed by atoms with Crippen LogP contribution < -0.4 is 10.1 Å². The topological polar surface area (TPSA) is 58.6 Å². The Kier molecular flexibility index (Phi) is 4.63. The number of halogens is 2. The molecular formula is C19H18F2N2O3. The van der Waals surface area contributed by atoms with Gasteiger partial charge in [-0.25, -0.2) is 13.6 Å². The number of hydrogen-bond donors (Lipinski definition) is 1. The van der Waals surface area contributed by atoms with Gasteiger partial charge in [0.15, 0.2) is 0 Å². The molecule has 136 valence electrons. The summed E-state index contributed by atoms with van der Waals surface area (Å²) in [6, 6.07) is 9.49. The molecule has 3 amide bonds. The standard InChI is InChI=1S/C19H18F2N2O3/c1-12-4-3-5-14(10-12)26-9-8-23-17(24)19(2,22-18(23)25)15-11-13(20)6-7-16(15)21/h3-7,10-11H,8-9H2,1-2H3,(H,22,25)/t19-/m0/s1. The molecule has 1 atom stereocenters. The second-order valence-corrected chi connectivity index (χ2v) is 6.30. The summed E-state index contributed by atoms with van der Waals surface area (Å²) < 4.78 is 33.1. The molecule has 1 heterocycles. The second kappa shape index (κ2) is 6.74. The molecule has 0 aromatic heterocycles. The quantitative estimate of drug-likeness (QED) is 0.834. The van der Waals surface area contributed by atoms with Gasteiger partial charge < -0.3 is 10.1 Å². The van der Waals surface area contributed by atoms with Crippen molar-refractivity contribution in [3.8, 4) is 5.75 Å². The highest BCUT2D eigenvalue weighted by atomic mass is 19.1. The molecule has 0 unspecified atom stereocenters. The number of imide groups is 1. The van der Waals surface area contributed by atoms with Crippen LogP contribution in [0.3, 0.4) is 0 Å². The first-order chi connectivity index (χ1) is 12.3. The van der Waals surface area contributed by atoms with Crippen molar-refractivity contribution in [3.63, 3.8) is 0 Å². The van der Waals surface area contributed by atoms with Gasteiger partial charge in [-0.3, -0.25) is 9.69 Å². The molecule has 1 aliphatic rings. The average Bonchev–Trinajstić information content (AvgIpc) is 2.81. The van der Waals surface area contributed by atoms with E-state index in [0.29, 0.717) is 5.75 Å². The monoisotopic (exact) mass is 360 g/mol. The number of ether oxygens (including phenoxy) is 1. The molecular weight excluding hydrogens is 342 g/mol. The Hall–Kier alpha value is -2.96. The lowest BCUT2D eigenvalue weighted by atomic mass is 9.91. The van der Waals surface area contributed by atoms with Crippen molar-refractivity contribution in [2.24, 2.45) is 0 Å². The third-order valence-electron chi connectivity index (χ3n) is 4.32. The summed E-state index contributed by atoms with van der Waals surface area (Å²) in [5.74, 6) is -1.48. The smallest absolute Gasteiger partial charge is 0.325 e. The van der Waals surface area contributed by atoms with Gasteiger partial charge in [-0.05, 0) is 49.7 Å². The van der Waals surface area contributed by atoms with Crippen molar-refractivity contribution in [2.75, 3.05) is 13.2 Å². The molecule has 3 rings (SSSR count). The van der Waals surface area contributed by atoms with Gasteiger partial charge >= 0.3 is 6.03 Å². The van der Waals surface area contributed by atoms with E-state index < -0.39 is 29.1 Å². The van der Waals surface area contributed by atoms with Crippen LogP contribution in [0.4, 0.5) is 13.6 Å². The van der Waals surface area contributed by atoms with Gasteiger partial charge in [-0.15, -0.1) is 0 Å². The summed E-state index contributed by atoms with van der Waals surface area (Å²) in [5.41, 5.74) is -0.850. The van der Waals surface area contributed by atoms with Crippen molar-refractivity contribution in [2.45, 2.75) is 19.4 Å². The lowest BCUT2D eigenvalue weighted by Crippen LogP contribution is -2.42. The molecule has 2 aromatic carbocycles. The number of rotatable bonds is 5. The first-order valence-corrected chi connectivity index (χ1v) is 8.10. The van der Waals surface area contributed by atoms with Crippen LogP contribution in [0.15, 0.2) is 42.5 Å². The minimum Gasteiger partial charge on any atom is -0.492 e. The number of carbonyl (C=O) groups is 2. The molecule has 7 heteroatoms. The summed E-state index contributed by atoms with van der Waals surface area (Å²) in [6.07, 6.45) is 0. The van der Waals surface area contributed by atoms with Crippen LogP contribution in [0, 0.1) is 18.6 Å². The summed E-state index contributed by atoms with van der Waals surface area (Å²) >= 11 is 0. The van der Waals surface area contributed by atoms with E-state index in [0.717, 1.165) is 28.7 Å². The highest BCUT2D eigenvalue weighted by Crippen LogP contribution is 2.31. The largest absolute Gasteiger partial charge is 0.492 e. The van der Waals surface area contributed by atoms with Gasteiger partial charge in [-0.2, -0.15) is 0 Å². The Morgan fingerprint density at radius 2 is 1.92 bits per heavy atom. The number of amides is 3. The number of carbonyl (C=O) groups excluding carboxylic acids is 2. The number of urea groups is 1. The molecule has 1 fully saturated rings. The molecule has 1 N–H and O–H groups in total. The van der Waals surface area contributed by atoms with E-state index in [1.165, 1.54) is 6.92 Å². The lowest BCUT2D eigenvalue weighted by Gasteiger charge is -2.22. The Morgan fingerprint density at radius 3 is 2.65 bits per heavy atom. The normalized spacial score (nSPS) is 19.6. The third kappa shape index (κ3) is 3.24. The molecule has 1 aliphatic heterocycles. The Balaban J connectivity index is 1.73. The number of nitrogens with one attached hydrogen (secondary N) is 1. The van der Waals surface area contributed by atoms with Crippen LogP contribution in [0.5, 0.6) is 5.75 Å². The van der Waals surface area contributed by atoms with Gasteiger partial charge in [0.1, 0.15) is 29.5 Å². The van der Waals surface area contributed by atoms with E-state index in [9.17, 15) is 18.4 Å². The zero-order chi connectivity index (χ0) is 18.9.